The molecule has 0 heterocycles. The van der Waals surface area contributed by atoms with E-state index in [1.54, 1.807) is 0 Å². The predicted molar refractivity (Wildman–Crippen MR) is 56.6 cm³/mol. The van der Waals surface area contributed by atoms with Crippen LogP contribution in [0.2, 0.25) is 0 Å². The number of rotatable bonds is 4. The van der Waals surface area contributed by atoms with Crippen LogP contribution in [-0.2, 0) is 0 Å². The number of ether oxygens (including phenoxy) is 1. The summed E-state index contributed by atoms with van der Waals surface area (Å²) in [5, 5.41) is 9.26. The van der Waals surface area contributed by atoms with Crippen molar-refractivity contribution in [1.29, 1.82) is 0 Å². The van der Waals surface area contributed by atoms with Gasteiger partial charge in [-0.15, -0.1) is 0 Å². The molecule has 17 heavy (non-hydrogen) atoms. The molecule has 0 saturated heterocycles. The van der Waals surface area contributed by atoms with Crippen LogP contribution in [0, 0.1) is 0 Å². The molecular weight excluding hydrogens is 308 g/mol. The topological polar surface area (TPSA) is 29.5 Å². The number of aliphatic hydroxyl groups is 1. The van der Waals surface area contributed by atoms with Gasteiger partial charge in [-0.05, 0) is 12.1 Å². The molecule has 0 saturated carbocycles. The van der Waals surface area contributed by atoms with E-state index in [2.05, 4.69) is 15.9 Å². The second-order valence-electron chi connectivity index (χ2n) is 3.27. The molecule has 1 N–H and O–H groups in total. The summed E-state index contributed by atoms with van der Waals surface area (Å²) in [6, 6.07) is 3.70. The summed E-state index contributed by atoms with van der Waals surface area (Å²) < 4.78 is 54.9. The average molecular weight is 317 g/mol. The predicted octanol–water partition coefficient (Wildman–Crippen LogP) is 3.39. The Balaban J connectivity index is 3.08. The molecular formula is C10H9BrF4O2. The van der Waals surface area contributed by atoms with Gasteiger partial charge in [0.15, 0.2) is 0 Å². The van der Waals surface area contributed by atoms with E-state index in [4.69, 9.17) is 4.74 Å². The fourth-order valence-corrected chi connectivity index (χ4v) is 1.76. The first kappa shape index (κ1) is 14.2. The van der Waals surface area contributed by atoms with Gasteiger partial charge in [0.2, 0.25) is 0 Å². The quantitative estimate of drug-likeness (QED) is 0.863. The van der Waals surface area contributed by atoms with Crippen molar-refractivity contribution in [2.45, 2.75) is 18.5 Å². The fourth-order valence-electron chi connectivity index (χ4n) is 1.18. The van der Waals surface area contributed by atoms with Crippen molar-refractivity contribution in [2.75, 3.05) is 7.11 Å². The summed E-state index contributed by atoms with van der Waals surface area (Å²) >= 11 is 2.91. The maximum absolute atomic E-state index is 12.9. The normalized spacial score (nSPS) is 13.9. The Morgan fingerprint density at radius 3 is 2.35 bits per heavy atom. The molecule has 0 fully saturated rings. The molecule has 0 amide bonds. The summed E-state index contributed by atoms with van der Waals surface area (Å²) in [6.07, 6.45) is -6.52. The molecule has 1 rings (SSSR count). The van der Waals surface area contributed by atoms with E-state index in [0.29, 0.717) is 5.75 Å². The minimum absolute atomic E-state index is 0.0738. The molecule has 0 bridgehead atoms. The summed E-state index contributed by atoms with van der Waals surface area (Å²) in [5.74, 6) is -4.15. The third-order valence-corrected chi connectivity index (χ3v) is 2.84. The van der Waals surface area contributed by atoms with Crippen molar-refractivity contribution in [3.05, 3.63) is 28.2 Å². The first-order valence-corrected chi connectivity index (χ1v) is 5.27. The standard InChI is InChI=1S/C10H9BrF4O2/c1-17-5-2-3-6(7(11)4-5)8(16)10(14,15)9(12)13/h2-4,8-9,16H,1H3. The number of aliphatic hydroxyl groups excluding tert-OH is 1. The summed E-state index contributed by atoms with van der Waals surface area (Å²) in [6.45, 7) is 0. The van der Waals surface area contributed by atoms with Gasteiger partial charge in [-0.2, -0.15) is 8.78 Å². The van der Waals surface area contributed by atoms with E-state index in [9.17, 15) is 22.7 Å². The third-order valence-electron chi connectivity index (χ3n) is 2.16. The van der Waals surface area contributed by atoms with Crippen LogP contribution in [0.3, 0.4) is 0 Å². The molecule has 0 aliphatic carbocycles. The second kappa shape index (κ2) is 5.22. The van der Waals surface area contributed by atoms with Crippen LogP contribution in [0.1, 0.15) is 11.7 Å². The van der Waals surface area contributed by atoms with Gasteiger partial charge in [-0.1, -0.05) is 22.0 Å². The van der Waals surface area contributed by atoms with Gasteiger partial charge < -0.3 is 9.84 Å². The highest BCUT2D eigenvalue weighted by Crippen LogP contribution is 2.39. The van der Waals surface area contributed by atoms with E-state index in [1.165, 1.54) is 19.2 Å². The van der Waals surface area contributed by atoms with Crippen LogP contribution in [-0.4, -0.2) is 24.6 Å². The van der Waals surface area contributed by atoms with Crippen LogP contribution < -0.4 is 4.74 Å². The lowest BCUT2D eigenvalue weighted by atomic mass is 10.0. The largest absolute Gasteiger partial charge is 0.497 e. The number of methoxy groups -OCH3 is 1. The molecule has 1 aromatic carbocycles. The van der Waals surface area contributed by atoms with Crippen molar-refractivity contribution < 1.29 is 27.4 Å². The van der Waals surface area contributed by atoms with Crippen molar-refractivity contribution >= 4 is 15.9 Å². The van der Waals surface area contributed by atoms with Crippen molar-refractivity contribution in [3.8, 4) is 5.75 Å². The first-order valence-electron chi connectivity index (χ1n) is 4.48. The Labute approximate surface area is 103 Å². The van der Waals surface area contributed by atoms with Gasteiger partial charge in [0, 0.05) is 10.0 Å². The lowest BCUT2D eigenvalue weighted by Crippen LogP contribution is -2.34. The highest BCUT2D eigenvalue weighted by atomic mass is 79.9. The smallest absolute Gasteiger partial charge is 0.336 e. The summed E-state index contributed by atoms with van der Waals surface area (Å²) in [7, 11) is 1.37. The Morgan fingerprint density at radius 2 is 1.94 bits per heavy atom. The molecule has 0 radical (unpaired) electrons. The molecule has 2 nitrogen and oxygen atoms in total. The Kier molecular flexibility index (Phi) is 4.37. The van der Waals surface area contributed by atoms with Crippen LogP contribution in [0.25, 0.3) is 0 Å². The monoisotopic (exact) mass is 316 g/mol. The number of alkyl halides is 4. The van der Waals surface area contributed by atoms with Crippen molar-refractivity contribution in [2.24, 2.45) is 0 Å². The maximum Gasteiger partial charge on any atom is 0.336 e. The molecule has 0 aromatic heterocycles. The molecule has 1 aromatic rings. The minimum atomic E-state index is -4.50. The molecule has 1 unspecified atom stereocenters. The van der Waals surface area contributed by atoms with Crippen LogP contribution >= 0.6 is 15.9 Å². The molecule has 0 spiro atoms. The van der Waals surface area contributed by atoms with E-state index < -0.39 is 18.5 Å². The lowest BCUT2D eigenvalue weighted by Gasteiger charge is -2.22. The summed E-state index contributed by atoms with van der Waals surface area (Å²) in [4.78, 5) is 0. The van der Waals surface area contributed by atoms with Crippen LogP contribution in [0.4, 0.5) is 17.6 Å². The molecule has 1 atom stereocenters. The molecule has 0 aliphatic heterocycles. The van der Waals surface area contributed by atoms with Gasteiger partial charge in [0.1, 0.15) is 11.9 Å². The highest BCUT2D eigenvalue weighted by Gasteiger charge is 2.49. The van der Waals surface area contributed by atoms with Gasteiger partial charge in [0.05, 0.1) is 7.11 Å². The summed E-state index contributed by atoms with van der Waals surface area (Å²) in [5.41, 5.74) is -0.323. The molecule has 0 aliphatic rings. The van der Waals surface area contributed by atoms with Crippen molar-refractivity contribution in [3.63, 3.8) is 0 Å². The van der Waals surface area contributed by atoms with Crippen LogP contribution in [0.15, 0.2) is 22.7 Å². The van der Waals surface area contributed by atoms with Gasteiger partial charge >= 0.3 is 12.3 Å². The fraction of sp³-hybridized carbons (Fsp3) is 0.400. The first-order chi connectivity index (χ1) is 7.80. The molecule has 96 valence electrons. The number of hydrogen-bond acceptors (Lipinski definition) is 2. The third kappa shape index (κ3) is 2.90. The van der Waals surface area contributed by atoms with Gasteiger partial charge in [-0.25, -0.2) is 8.78 Å². The zero-order valence-electron chi connectivity index (χ0n) is 8.63. The van der Waals surface area contributed by atoms with Crippen LogP contribution in [0.5, 0.6) is 5.75 Å². The number of hydrogen-bond donors (Lipinski definition) is 1. The number of halogens is 5. The minimum Gasteiger partial charge on any atom is -0.497 e. The van der Waals surface area contributed by atoms with E-state index >= 15 is 0 Å². The second-order valence-corrected chi connectivity index (χ2v) is 4.12. The maximum atomic E-state index is 12.9. The van der Waals surface area contributed by atoms with E-state index in [0.717, 1.165) is 6.07 Å². The zero-order chi connectivity index (χ0) is 13.2. The zero-order valence-corrected chi connectivity index (χ0v) is 10.2. The Morgan fingerprint density at radius 1 is 1.35 bits per heavy atom. The average Bonchev–Trinajstić information content (AvgIpc) is 2.27. The van der Waals surface area contributed by atoms with E-state index in [-0.39, 0.29) is 10.0 Å². The van der Waals surface area contributed by atoms with Crippen molar-refractivity contribution in [1.82, 2.24) is 0 Å². The SMILES string of the molecule is COc1ccc(C(O)C(F)(F)C(F)F)c(Br)c1. The Hall–Kier alpha value is -0.820. The highest BCUT2D eigenvalue weighted by molar-refractivity contribution is 9.10. The van der Waals surface area contributed by atoms with E-state index in [1.807, 2.05) is 0 Å². The lowest BCUT2D eigenvalue weighted by molar-refractivity contribution is -0.194. The van der Waals surface area contributed by atoms with Gasteiger partial charge in [-0.3, -0.25) is 0 Å². The molecule has 7 heteroatoms. The van der Waals surface area contributed by atoms with Gasteiger partial charge in [0.25, 0.3) is 0 Å². The number of benzene rings is 1. The Bertz CT molecular complexity index is 398.